The monoisotopic (exact) mass is 296 g/mol. The molecule has 0 bridgehead atoms. The number of nitriles is 1. The predicted octanol–water partition coefficient (Wildman–Crippen LogP) is 3.28. The van der Waals surface area contributed by atoms with Crippen LogP contribution in [0.4, 0.5) is 5.69 Å². The van der Waals surface area contributed by atoms with Gasteiger partial charge in [0.1, 0.15) is 6.07 Å². The van der Waals surface area contributed by atoms with Crippen molar-refractivity contribution in [3.05, 3.63) is 28.2 Å². The van der Waals surface area contributed by atoms with Crippen LogP contribution in [0.1, 0.15) is 32.3 Å². The molecule has 17 heavy (non-hydrogen) atoms. The maximum atomic E-state index is 10.2. The number of anilines is 1. The maximum absolute atomic E-state index is 10.2. The first-order chi connectivity index (χ1) is 8.06. The molecule has 0 fully saturated rings. The Morgan fingerprint density at radius 3 is 2.59 bits per heavy atom. The summed E-state index contributed by atoms with van der Waals surface area (Å²) in [6.45, 7) is 4.36. The molecule has 0 aliphatic heterocycles. The van der Waals surface area contributed by atoms with Gasteiger partial charge in [0.05, 0.1) is 16.9 Å². The van der Waals surface area contributed by atoms with Crippen LogP contribution in [0, 0.1) is 11.3 Å². The highest BCUT2D eigenvalue weighted by Gasteiger charge is 2.22. The van der Waals surface area contributed by atoms with Gasteiger partial charge in [-0.25, -0.2) is 0 Å². The second-order valence-electron chi connectivity index (χ2n) is 4.06. The number of hydrogen-bond acceptors (Lipinski definition) is 3. The zero-order chi connectivity index (χ0) is 12.9. The highest BCUT2D eigenvalue weighted by atomic mass is 79.9. The summed E-state index contributed by atoms with van der Waals surface area (Å²) in [5, 5.41) is 22.4. The molecule has 2 N–H and O–H groups in total. The fourth-order valence-electron chi connectivity index (χ4n) is 1.54. The van der Waals surface area contributed by atoms with Crippen molar-refractivity contribution in [2.75, 3.05) is 11.9 Å². The fraction of sp³-hybridized carbons (Fsp3) is 0.462. The summed E-state index contributed by atoms with van der Waals surface area (Å²) >= 11 is 3.34. The van der Waals surface area contributed by atoms with Gasteiger partial charge in [-0.3, -0.25) is 0 Å². The molecule has 0 saturated carbocycles. The topological polar surface area (TPSA) is 56.0 Å². The van der Waals surface area contributed by atoms with E-state index in [2.05, 4.69) is 27.3 Å². The predicted molar refractivity (Wildman–Crippen MR) is 72.9 cm³/mol. The van der Waals surface area contributed by atoms with Crippen molar-refractivity contribution in [2.24, 2.45) is 0 Å². The first-order valence-corrected chi connectivity index (χ1v) is 6.50. The molecule has 0 aliphatic rings. The highest BCUT2D eigenvalue weighted by molar-refractivity contribution is 9.10. The minimum atomic E-state index is -0.713. The maximum Gasteiger partial charge on any atom is 0.103 e. The SMILES string of the molecule is CCC(O)(CC)CNc1cccc(Br)c1C#N. The lowest BCUT2D eigenvalue weighted by Gasteiger charge is -2.26. The smallest absolute Gasteiger partial charge is 0.103 e. The van der Waals surface area contributed by atoms with E-state index in [9.17, 15) is 5.11 Å². The Hall–Kier alpha value is -1.05. The van der Waals surface area contributed by atoms with Crippen molar-refractivity contribution in [1.82, 2.24) is 0 Å². The van der Waals surface area contributed by atoms with E-state index in [4.69, 9.17) is 5.26 Å². The molecule has 3 nitrogen and oxygen atoms in total. The van der Waals surface area contributed by atoms with Gasteiger partial charge >= 0.3 is 0 Å². The van der Waals surface area contributed by atoms with E-state index in [0.717, 1.165) is 10.2 Å². The van der Waals surface area contributed by atoms with Crippen molar-refractivity contribution in [3.63, 3.8) is 0 Å². The normalized spacial score (nSPS) is 11.0. The van der Waals surface area contributed by atoms with Crippen LogP contribution in [-0.4, -0.2) is 17.3 Å². The molecule has 1 rings (SSSR count). The zero-order valence-corrected chi connectivity index (χ0v) is 11.7. The molecule has 0 atom stereocenters. The second kappa shape index (κ2) is 6.04. The van der Waals surface area contributed by atoms with E-state index in [1.165, 1.54) is 0 Å². The molecule has 1 aromatic carbocycles. The molecule has 0 amide bonds. The van der Waals surface area contributed by atoms with Crippen molar-refractivity contribution in [1.29, 1.82) is 5.26 Å². The number of rotatable bonds is 5. The summed E-state index contributed by atoms with van der Waals surface area (Å²) < 4.78 is 0.765. The quantitative estimate of drug-likeness (QED) is 0.877. The zero-order valence-electron chi connectivity index (χ0n) is 10.1. The molecule has 0 heterocycles. The van der Waals surface area contributed by atoms with Crippen LogP contribution in [-0.2, 0) is 0 Å². The average molecular weight is 297 g/mol. The second-order valence-corrected chi connectivity index (χ2v) is 4.91. The lowest BCUT2D eigenvalue weighted by atomic mass is 9.97. The number of nitrogens with one attached hydrogen (secondary N) is 1. The van der Waals surface area contributed by atoms with Crippen LogP contribution in [0.15, 0.2) is 22.7 Å². The fourth-order valence-corrected chi connectivity index (χ4v) is 2.00. The largest absolute Gasteiger partial charge is 0.388 e. The van der Waals surface area contributed by atoms with Gasteiger partial charge in [0.15, 0.2) is 0 Å². The Morgan fingerprint density at radius 2 is 2.06 bits per heavy atom. The number of aliphatic hydroxyl groups is 1. The molecule has 92 valence electrons. The number of benzene rings is 1. The number of halogens is 1. The Kier molecular flexibility index (Phi) is 4.98. The van der Waals surface area contributed by atoms with Crippen molar-refractivity contribution in [3.8, 4) is 6.07 Å². The van der Waals surface area contributed by atoms with Crippen molar-refractivity contribution >= 4 is 21.6 Å². The van der Waals surface area contributed by atoms with Gasteiger partial charge in [-0.2, -0.15) is 5.26 Å². The molecule has 4 heteroatoms. The summed E-state index contributed by atoms with van der Waals surface area (Å²) in [5.74, 6) is 0. The van der Waals surface area contributed by atoms with E-state index in [-0.39, 0.29) is 0 Å². The van der Waals surface area contributed by atoms with E-state index in [0.29, 0.717) is 24.9 Å². The van der Waals surface area contributed by atoms with Crippen LogP contribution in [0.5, 0.6) is 0 Å². The molecule has 0 unspecified atom stereocenters. The third-order valence-corrected chi connectivity index (χ3v) is 3.71. The van der Waals surface area contributed by atoms with Crippen LogP contribution in [0.2, 0.25) is 0 Å². The highest BCUT2D eigenvalue weighted by Crippen LogP contribution is 2.25. The number of hydrogen-bond donors (Lipinski definition) is 2. The average Bonchev–Trinajstić information content (AvgIpc) is 2.36. The lowest BCUT2D eigenvalue weighted by Crippen LogP contribution is -2.35. The van der Waals surface area contributed by atoms with Crippen molar-refractivity contribution in [2.45, 2.75) is 32.3 Å². The van der Waals surface area contributed by atoms with Gasteiger partial charge in [0, 0.05) is 11.0 Å². The summed E-state index contributed by atoms with van der Waals surface area (Å²) in [6, 6.07) is 7.68. The molecule has 0 aromatic heterocycles. The van der Waals surface area contributed by atoms with E-state index >= 15 is 0 Å². The van der Waals surface area contributed by atoms with Crippen LogP contribution >= 0.6 is 15.9 Å². The van der Waals surface area contributed by atoms with Gasteiger partial charge in [0.25, 0.3) is 0 Å². The summed E-state index contributed by atoms with van der Waals surface area (Å²) in [6.07, 6.45) is 1.37. The van der Waals surface area contributed by atoms with Gasteiger partial charge in [-0.15, -0.1) is 0 Å². The van der Waals surface area contributed by atoms with Gasteiger partial charge in [-0.05, 0) is 40.9 Å². The van der Waals surface area contributed by atoms with E-state index in [1.807, 2.05) is 32.0 Å². The van der Waals surface area contributed by atoms with Crippen molar-refractivity contribution < 1.29 is 5.11 Å². The summed E-state index contributed by atoms with van der Waals surface area (Å²) in [5.41, 5.74) is 0.610. The molecule has 0 aliphatic carbocycles. The minimum Gasteiger partial charge on any atom is -0.388 e. The van der Waals surface area contributed by atoms with Crippen LogP contribution < -0.4 is 5.32 Å². The van der Waals surface area contributed by atoms with Crippen LogP contribution in [0.3, 0.4) is 0 Å². The molecule has 1 aromatic rings. The Balaban J connectivity index is 2.83. The Bertz CT molecular complexity index is 422. The molecule has 0 spiro atoms. The van der Waals surface area contributed by atoms with Gasteiger partial charge in [-0.1, -0.05) is 19.9 Å². The molecule has 0 radical (unpaired) electrons. The van der Waals surface area contributed by atoms with E-state index in [1.54, 1.807) is 0 Å². The van der Waals surface area contributed by atoms with Gasteiger partial charge < -0.3 is 10.4 Å². The third-order valence-electron chi connectivity index (χ3n) is 3.05. The summed E-state index contributed by atoms with van der Waals surface area (Å²) in [4.78, 5) is 0. The standard InChI is InChI=1S/C13H17BrN2O/c1-3-13(17,4-2)9-16-12-7-5-6-11(14)10(12)8-15/h5-7,16-17H,3-4,9H2,1-2H3. The van der Waals surface area contributed by atoms with Crippen LogP contribution in [0.25, 0.3) is 0 Å². The lowest BCUT2D eigenvalue weighted by molar-refractivity contribution is 0.0457. The Morgan fingerprint density at radius 1 is 1.41 bits per heavy atom. The summed E-state index contributed by atoms with van der Waals surface area (Å²) in [7, 11) is 0. The molecular formula is C13H17BrN2O. The molecular weight excluding hydrogens is 280 g/mol. The van der Waals surface area contributed by atoms with E-state index < -0.39 is 5.60 Å². The number of nitrogens with zero attached hydrogens (tertiary/aromatic N) is 1. The Labute approximate surface area is 111 Å². The third kappa shape index (κ3) is 3.45. The minimum absolute atomic E-state index is 0.450. The van der Waals surface area contributed by atoms with Gasteiger partial charge in [0.2, 0.25) is 0 Å². The first kappa shape index (κ1) is 14.0. The first-order valence-electron chi connectivity index (χ1n) is 5.71. The molecule has 0 saturated heterocycles.